The van der Waals surface area contributed by atoms with Crippen LogP contribution in [0.4, 0.5) is 17.1 Å². The summed E-state index contributed by atoms with van der Waals surface area (Å²) in [5, 5.41) is 40.5. The third kappa shape index (κ3) is 2.39. The maximum atomic E-state index is 10.6. The number of nitro groups is 2. The molecule has 0 aliphatic carbocycles. The van der Waals surface area contributed by atoms with Gasteiger partial charge in [-0.2, -0.15) is 0 Å². The first-order chi connectivity index (χ1) is 7.88. The van der Waals surface area contributed by atoms with Crippen molar-refractivity contribution >= 4 is 17.1 Å². The van der Waals surface area contributed by atoms with E-state index in [2.05, 4.69) is 0 Å². The summed E-state index contributed by atoms with van der Waals surface area (Å²) in [7, 11) is 0. The van der Waals surface area contributed by atoms with Gasteiger partial charge in [-0.1, -0.05) is 0 Å². The van der Waals surface area contributed by atoms with Gasteiger partial charge in [0.1, 0.15) is 5.69 Å². The standard InChI is InChI=1S/C8H9N3O6/c1-2-9(13)6-3-5(10(14)15)4-7(8(6)12)11(16)17/h3-4,12-13H,2H2,1H3. The monoisotopic (exact) mass is 243 g/mol. The molecule has 9 heteroatoms. The highest BCUT2D eigenvalue weighted by atomic mass is 16.6. The Bertz CT molecular complexity index is 475. The highest BCUT2D eigenvalue weighted by Gasteiger charge is 2.25. The summed E-state index contributed by atoms with van der Waals surface area (Å²) in [5.41, 5.74) is -1.80. The second-order valence-corrected chi connectivity index (χ2v) is 3.06. The summed E-state index contributed by atoms with van der Waals surface area (Å²) in [6.07, 6.45) is 0. The molecule has 0 saturated heterocycles. The van der Waals surface area contributed by atoms with E-state index in [0.29, 0.717) is 11.1 Å². The number of phenols is 1. The molecule has 1 rings (SSSR count). The molecule has 0 bridgehead atoms. The molecule has 0 amide bonds. The molecule has 0 unspecified atom stereocenters. The molecule has 1 aromatic carbocycles. The van der Waals surface area contributed by atoms with E-state index >= 15 is 0 Å². The van der Waals surface area contributed by atoms with Crippen molar-refractivity contribution in [3.63, 3.8) is 0 Å². The molecular weight excluding hydrogens is 234 g/mol. The molecule has 0 atom stereocenters. The summed E-state index contributed by atoms with van der Waals surface area (Å²) >= 11 is 0. The molecule has 1 aromatic rings. The van der Waals surface area contributed by atoms with Crippen molar-refractivity contribution in [1.29, 1.82) is 0 Å². The van der Waals surface area contributed by atoms with Gasteiger partial charge >= 0.3 is 5.69 Å². The number of anilines is 1. The lowest BCUT2D eigenvalue weighted by Crippen LogP contribution is -2.17. The molecule has 17 heavy (non-hydrogen) atoms. The van der Waals surface area contributed by atoms with Crippen molar-refractivity contribution in [2.24, 2.45) is 0 Å². The smallest absolute Gasteiger partial charge is 0.319 e. The SMILES string of the molecule is CCN(O)c1cc([N+](=O)[O-])cc([N+](=O)[O-])c1O. The quantitative estimate of drug-likeness (QED) is 0.603. The number of phenolic OH excluding ortho intramolecular Hbond substituents is 1. The van der Waals surface area contributed by atoms with E-state index in [1.165, 1.54) is 6.92 Å². The predicted octanol–water partition coefficient (Wildman–Crippen LogP) is 1.42. The Morgan fingerprint density at radius 2 is 1.88 bits per heavy atom. The van der Waals surface area contributed by atoms with Crippen LogP contribution in [0.2, 0.25) is 0 Å². The molecule has 0 aromatic heterocycles. The fraction of sp³-hybridized carbons (Fsp3) is 0.250. The molecule has 0 aliphatic rings. The lowest BCUT2D eigenvalue weighted by Gasteiger charge is -2.15. The average Bonchev–Trinajstić information content (AvgIpc) is 2.27. The fourth-order valence-corrected chi connectivity index (χ4v) is 1.20. The van der Waals surface area contributed by atoms with Crippen molar-refractivity contribution in [1.82, 2.24) is 0 Å². The zero-order valence-corrected chi connectivity index (χ0v) is 8.73. The number of nitro benzene ring substituents is 2. The Hall–Kier alpha value is -2.42. The third-order valence-corrected chi connectivity index (χ3v) is 2.04. The number of non-ortho nitro benzene ring substituents is 1. The van der Waals surface area contributed by atoms with Crippen molar-refractivity contribution in [2.75, 3.05) is 11.6 Å². The molecule has 0 fully saturated rings. The Labute approximate surface area is 94.8 Å². The molecule has 2 N–H and O–H groups in total. The molecule has 0 aliphatic heterocycles. The zero-order valence-electron chi connectivity index (χ0n) is 8.73. The summed E-state index contributed by atoms with van der Waals surface area (Å²) in [5.74, 6) is -0.815. The number of nitrogens with zero attached hydrogens (tertiary/aromatic N) is 3. The topological polar surface area (TPSA) is 130 Å². The minimum atomic E-state index is -0.963. The summed E-state index contributed by atoms with van der Waals surface area (Å²) < 4.78 is 0. The summed E-state index contributed by atoms with van der Waals surface area (Å²) in [6.45, 7) is 1.51. The number of benzene rings is 1. The van der Waals surface area contributed by atoms with Gasteiger partial charge in [0.2, 0.25) is 5.75 Å². The van der Waals surface area contributed by atoms with E-state index in [4.69, 9.17) is 0 Å². The summed E-state index contributed by atoms with van der Waals surface area (Å²) in [4.78, 5) is 19.3. The van der Waals surface area contributed by atoms with Crippen molar-refractivity contribution in [3.05, 3.63) is 32.4 Å². The Balaban J connectivity index is 3.48. The van der Waals surface area contributed by atoms with Crippen LogP contribution in [0.5, 0.6) is 5.75 Å². The van der Waals surface area contributed by atoms with Gasteiger partial charge in [0.25, 0.3) is 5.69 Å². The Morgan fingerprint density at radius 3 is 2.29 bits per heavy atom. The first kappa shape index (κ1) is 12.6. The highest BCUT2D eigenvalue weighted by molar-refractivity contribution is 5.70. The average molecular weight is 243 g/mol. The first-order valence-electron chi connectivity index (χ1n) is 4.50. The minimum absolute atomic E-state index is 0.00584. The van der Waals surface area contributed by atoms with Crippen LogP contribution in [0.25, 0.3) is 0 Å². The van der Waals surface area contributed by atoms with E-state index in [9.17, 15) is 30.5 Å². The molecular formula is C8H9N3O6. The molecule has 0 heterocycles. The van der Waals surface area contributed by atoms with Crippen LogP contribution in [0, 0.1) is 20.2 Å². The van der Waals surface area contributed by atoms with Gasteiger partial charge in [-0.15, -0.1) is 0 Å². The number of hydrogen-bond donors (Lipinski definition) is 2. The molecule has 0 spiro atoms. The van der Waals surface area contributed by atoms with Crippen LogP contribution in [0.3, 0.4) is 0 Å². The minimum Gasteiger partial charge on any atom is -0.501 e. The van der Waals surface area contributed by atoms with Crippen LogP contribution < -0.4 is 5.06 Å². The van der Waals surface area contributed by atoms with Gasteiger partial charge in [0.15, 0.2) is 0 Å². The normalized spacial score (nSPS) is 10.0. The van der Waals surface area contributed by atoms with Gasteiger partial charge in [-0.25, -0.2) is 0 Å². The molecule has 9 nitrogen and oxygen atoms in total. The van der Waals surface area contributed by atoms with Crippen LogP contribution in [0.1, 0.15) is 6.92 Å². The maximum Gasteiger partial charge on any atom is 0.319 e. The Kier molecular flexibility index (Phi) is 3.43. The molecule has 92 valence electrons. The van der Waals surface area contributed by atoms with E-state index in [0.717, 1.165) is 6.07 Å². The largest absolute Gasteiger partial charge is 0.501 e. The lowest BCUT2D eigenvalue weighted by atomic mass is 10.2. The van der Waals surface area contributed by atoms with E-state index in [-0.39, 0.29) is 12.2 Å². The highest BCUT2D eigenvalue weighted by Crippen LogP contribution is 2.39. The number of hydrogen-bond acceptors (Lipinski definition) is 7. The number of hydroxylamine groups is 1. The number of aromatic hydroxyl groups is 1. The van der Waals surface area contributed by atoms with Crippen molar-refractivity contribution in [3.8, 4) is 5.75 Å². The van der Waals surface area contributed by atoms with Crippen molar-refractivity contribution < 1.29 is 20.2 Å². The van der Waals surface area contributed by atoms with Gasteiger partial charge in [0.05, 0.1) is 15.9 Å². The number of rotatable bonds is 4. The third-order valence-electron chi connectivity index (χ3n) is 2.04. The first-order valence-corrected chi connectivity index (χ1v) is 4.50. The van der Waals surface area contributed by atoms with Gasteiger partial charge in [-0.3, -0.25) is 30.5 Å². The molecule has 0 radical (unpaired) electrons. The lowest BCUT2D eigenvalue weighted by molar-refractivity contribution is -0.394. The second kappa shape index (κ2) is 4.61. The fourth-order valence-electron chi connectivity index (χ4n) is 1.20. The van der Waals surface area contributed by atoms with E-state index < -0.39 is 27.0 Å². The van der Waals surface area contributed by atoms with Crippen LogP contribution >= 0.6 is 0 Å². The molecule has 0 saturated carbocycles. The van der Waals surface area contributed by atoms with E-state index in [1.807, 2.05) is 0 Å². The van der Waals surface area contributed by atoms with Crippen LogP contribution in [0.15, 0.2) is 12.1 Å². The zero-order chi connectivity index (χ0) is 13.2. The predicted molar refractivity (Wildman–Crippen MR) is 56.2 cm³/mol. The second-order valence-electron chi connectivity index (χ2n) is 3.06. The summed E-state index contributed by atoms with van der Waals surface area (Å²) in [6, 6.07) is 1.48. The van der Waals surface area contributed by atoms with Crippen molar-refractivity contribution in [2.45, 2.75) is 6.92 Å². The van der Waals surface area contributed by atoms with Crippen LogP contribution in [-0.2, 0) is 0 Å². The van der Waals surface area contributed by atoms with E-state index in [1.54, 1.807) is 0 Å². The maximum absolute atomic E-state index is 10.6. The van der Waals surface area contributed by atoms with Crippen LogP contribution in [-0.4, -0.2) is 26.7 Å². The van der Waals surface area contributed by atoms with Gasteiger partial charge < -0.3 is 5.11 Å². The van der Waals surface area contributed by atoms with Gasteiger partial charge in [0, 0.05) is 12.6 Å². The Morgan fingerprint density at radius 1 is 1.29 bits per heavy atom. The van der Waals surface area contributed by atoms with Gasteiger partial charge in [-0.05, 0) is 6.92 Å².